The predicted octanol–water partition coefficient (Wildman–Crippen LogP) is 3.37. The quantitative estimate of drug-likeness (QED) is 0.794. The first-order chi connectivity index (χ1) is 11.8. The molecule has 2 aliphatic carbocycles. The van der Waals surface area contributed by atoms with E-state index in [-0.39, 0.29) is 5.78 Å². The van der Waals surface area contributed by atoms with Gasteiger partial charge in [0.1, 0.15) is 12.4 Å². The molecule has 1 N–H and O–H groups in total. The summed E-state index contributed by atoms with van der Waals surface area (Å²) in [4.78, 5) is 12.0. The second-order valence-electron chi connectivity index (χ2n) is 6.81. The summed E-state index contributed by atoms with van der Waals surface area (Å²) in [5.74, 6) is 2.07. The highest BCUT2D eigenvalue weighted by atomic mass is 16.5. The van der Waals surface area contributed by atoms with Crippen LogP contribution in [0.1, 0.15) is 41.7 Å². The minimum Gasteiger partial charge on any atom is -0.492 e. The molecule has 1 saturated carbocycles. The third kappa shape index (κ3) is 3.39. The van der Waals surface area contributed by atoms with Crippen molar-refractivity contribution in [2.45, 2.75) is 32.1 Å². The highest BCUT2D eigenvalue weighted by molar-refractivity contribution is 5.98. The second kappa shape index (κ2) is 6.81. The number of benzene rings is 1. The Morgan fingerprint density at radius 1 is 1.12 bits per heavy atom. The molecule has 2 aromatic rings. The number of carbonyl (C=O) groups excluding carboxylic acids is 1. The van der Waals surface area contributed by atoms with Gasteiger partial charge in [-0.2, -0.15) is 0 Å². The average Bonchev–Trinajstić information content (AvgIpc) is 3.32. The van der Waals surface area contributed by atoms with Crippen molar-refractivity contribution in [2.75, 3.05) is 19.7 Å². The first-order valence-corrected chi connectivity index (χ1v) is 8.98. The van der Waals surface area contributed by atoms with Crippen molar-refractivity contribution in [3.05, 3.63) is 47.8 Å². The van der Waals surface area contributed by atoms with Gasteiger partial charge < -0.3 is 14.6 Å². The third-order valence-corrected chi connectivity index (χ3v) is 4.90. The van der Waals surface area contributed by atoms with Crippen LogP contribution < -0.4 is 10.1 Å². The highest BCUT2D eigenvalue weighted by Gasteiger charge is 2.21. The molecule has 1 heterocycles. The van der Waals surface area contributed by atoms with Gasteiger partial charge in [-0.1, -0.05) is 0 Å². The molecule has 4 rings (SSSR count). The molecular formula is C20H24N2O2. The van der Waals surface area contributed by atoms with Crippen LogP contribution in [0.4, 0.5) is 0 Å². The Hall–Kier alpha value is -2.07. The van der Waals surface area contributed by atoms with Crippen LogP contribution in [0.3, 0.4) is 0 Å². The van der Waals surface area contributed by atoms with E-state index in [1.54, 1.807) is 0 Å². The molecule has 0 saturated heterocycles. The summed E-state index contributed by atoms with van der Waals surface area (Å²) in [5.41, 5.74) is 3.12. The van der Waals surface area contributed by atoms with Gasteiger partial charge in [-0.05, 0) is 68.5 Å². The summed E-state index contributed by atoms with van der Waals surface area (Å²) < 4.78 is 7.92. The molecule has 1 aromatic carbocycles. The van der Waals surface area contributed by atoms with Gasteiger partial charge in [0.15, 0.2) is 5.78 Å². The molecular weight excluding hydrogens is 300 g/mol. The maximum atomic E-state index is 12.0. The van der Waals surface area contributed by atoms with Crippen molar-refractivity contribution >= 4 is 5.78 Å². The van der Waals surface area contributed by atoms with Crippen LogP contribution in [0.5, 0.6) is 5.75 Å². The molecule has 0 bridgehead atoms. The summed E-state index contributed by atoms with van der Waals surface area (Å²) in [6.07, 6.45) is 7.36. The van der Waals surface area contributed by atoms with E-state index >= 15 is 0 Å². The van der Waals surface area contributed by atoms with E-state index in [0.29, 0.717) is 13.0 Å². The van der Waals surface area contributed by atoms with Crippen LogP contribution >= 0.6 is 0 Å². The minimum atomic E-state index is 0.272. The Morgan fingerprint density at radius 2 is 1.96 bits per heavy atom. The molecule has 0 unspecified atom stereocenters. The molecule has 0 atom stereocenters. The van der Waals surface area contributed by atoms with Crippen molar-refractivity contribution in [3.8, 4) is 11.4 Å². The Morgan fingerprint density at radius 3 is 2.75 bits per heavy atom. The van der Waals surface area contributed by atoms with Crippen molar-refractivity contribution in [2.24, 2.45) is 5.92 Å². The van der Waals surface area contributed by atoms with E-state index < -0.39 is 0 Å². The molecule has 24 heavy (non-hydrogen) atoms. The molecule has 0 aliphatic heterocycles. The molecule has 1 fully saturated rings. The third-order valence-electron chi connectivity index (χ3n) is 4.90. The predicted molar refractivity (Wildman–Crippen MR) is 94.1 cm³/mol. The fraction of sp³-hybridized carbons (Fsp3) is 0.450. The van der Waals surface area contributed by atoms with Gasteiger partial charge in [0.2, 0.25) is 0 Å². The number of ether oxygens (including phenoxy) is 1. The number of ketones is 1. The first kappa shape index (κ1) is 15.5. The minimum absolute atomic E-state index is 0.272. The molecule has 126 valence electrons. The SMILES string of the molecule is O=C1CCCc2c1ccn2-c1ccc(OCCNCC2CC2)cc1. The van der Waals surface area contributed by atoms with Crippen LogP contribution in [0.2, 0.25) is 0 Å². The van der Waals surface area contributed by atoms with Crippen LogP contribution in [0.15, 0.2) is 36.5 Å². The summed E-state index contributed by atoms with van der Waals surface area (Å²) in [5, 5.41) is 3.43. The van der Waals surface area contributed by atoms with Crippen LogP contribution in [-0.4, -0.2) is 30.0 Å². The highest BCUT2D eigenvalue weighted by Crippen LogP contribution is 2.27. The molecule has 0 radical (unpaired) electrons. The monoisotopic (exact) mass is 324 g/mol. The molecule has 4 heteroatoms. The fourth-order valence-electron chi connectivity index (χ4n) is 3.34. The average molecular weight is 324 g/mol. The summed E-state index contributed by atoms with van der Waals surface area (Å²) in [6, 6.07) is 10.1. The van der Waals surface area contributed by atoms with Crippen LogP contribution in [-0.2, 0) is 6.42 Å². The van der Waals surface area contributed by atoms with Crippen LogP contribution in [0.25, 0.3) is 5.69 Å². The molecule has 4 nitrogen and oxygen atoms in total. The summed E-state index contributed by atoms with van der Waals surface area (Å²) in [6.45, 7) is 2.71. The molecule has 0 amide bonds. The maximum absolute atomic E-state index is 12.0. The maximum Gasteiger partial charge on any atom is 0.164 e. The Balaban J connectivity index is 1.36. The van der Waals surface area contributed by atoms with E-state index in [0.717, 1.165) is 54.5 Å². The summed E-state index contributed by atoms with van der Waals surface area (Å²) >= 11 is 0. The number of carbonyl (C=O) groups is 1. The zero-order valence-electron chi connectivity index (χ0n) is 14.0. The number of hydrogen-bond acceptors (Lipinski definition) is 3. The fourth-order valence-corrected chi connectivity index (χ4v) is 3.34. The second-order valence-corrected chi connectivity index (χ2v) is 6.81. The van der Waals surface area contributed by atoms with E-state index in [2.05, 4.69) is 22.0 Å². The summed E-state index contributed by atoms with van der Waals surface area (Å²) in [7, 11) is 0. The first-order valence-electron chi connectivity index (χ1n) is 8.98. The standard InChI is InChI=1S/C20H24N2O2/c23-20-3-1-2-19-18(20)10-12-22(19)16-6-8-17(9-7-16)24-13-11-21-14-15-4-5-15/h6-10,12,15,21H,1-5,11,13-14H2. The molecule has 1 aromatic heterocycles. The van der Waals surface area contributed by atoms with Gasteiger partial charge >= 0.3 is 0 Å². The molecule has 0 spiro atoms. The number of hydrogen-bond donors (Lipinski definition) is 1. The Labute approximate surface area is 142 Å². The van der Waals surface area contributed by atoms with Crippen molar-refractivity contribution < 1.29 is 9.53 Å². The number of rotatable bonds is 7. The van der Waals surface area contributed by atoms with Crippen molar-refractivity contribution in [1.29, 1.82) is 0 Å². The van der Waals surface area contributed by atoms with Gasteiger partial charge in [0.05, 0.1) is 0 Å². The van der Waals surface area contributed by atoms with E-state index in [9.17, 15) is 4.79 Å². The number of fused-ring (bicyclic) bond motifs is 1. The van der Waals surface area contributed by atoms with Gasteiger partial charge in [0.25, 0.3) is 0 Å². The smallest absolute Gasteiger partial charge is 0.164 e. The lowest BCUT2D eigenvalue weighted by atomic mass is 9.97. The van der Waals surface area contributed by atoms with Gasteiger partial charge in [0, 0.05) is 36.1 Å². The lowest BCUT2D eigenvalue weighted by Gasteiger charge is -2.15. The number of nitrogens with zero attached hydrogens (tertiary/aromatic N) is 1. The number of aromatic nitrogens is 1. The van der Waals surface area contributed by atoms with Gasteiger partial charge in [-0.15, -0.1) is 0 Å². The van der Waals surface area contributed by atoms with E-state index in [4.69, 9.17) is 4.74 Å². The van der Waals surface area contributed by atoms with Crippen molar-refractivity contribution in [1.82, 2.24) is 9.88 Å². The number of Topliss-reactive ketones (excluding diaryl/α,β-unsaturated/α-hetero) is 1. The topological polar surface area (TPSA) is 43.3 Å². The van der Waals surface area contributed by atoms with Gasteiger partial charge in [-0.25, -0.2) is 0 Å². The number of nitrogens with one attached hydrogen (secondary N) is 1. The van der Waals surface area contributed by atoms with E-state index in [1.807, 2.05) is 24.4 Å². The largest absolute Gasteiger partial charge is 0.492 e. The Kier molecular flexibility index (Phi) is 4.39. The Bertz CT molecular complexity index is 714. The van der Waals surface area contributed by atoms with E-state index in [1.165, 1.54) is 12.8 Å². The zero-order valence-corrected chi connectivity index (χ0v) is 14.0. The zero-order chi connectivity index (χ0) is 16.4. The van der Waals surface area contributed by atoms with Crippen LogP contribution in [0, 0.1) is 5.92 Å². The van der Waals surface area contributed by atoms with Crippen molar-refractivity contribution in [3.63, 3.8) is 0 Å². The molecule has 2 aliphatic rings. The lowest BCUT2D eigenvalue weighted by Crippen LogP contribution is -2.23. The van der Waals surface area contributed by atoms with Gasteiger partial charge in [-0.3, -0.25) is 4.79 Å². The lowest BCUT2D eigenvalue weighted by molar-refractivity contribution is 0.0972. The normalized spacial score (nSPS) is 16.9.